The minimum Gasteiger partial charge on any atom is -0.469 e. The maximum absolute atomic E-state index is 11.3. The van der Waals surface area contributed by atoms with Gasteiger partial charge in [-0.25, -0.2) is 0 Å². The molecule has 1 heterocycles. The van der Waals surface area contributed by atoms with Crippen molar-refractivity contribution in [2.24, 2.45) is 5.41 Å². The van der Waals surface area contributed by atoms with Crippen LogP contribution in [0.2, 0.25) is 0 Å². The lowest BCUT2D eigenvalue weighted by atomic mass is 9.89. The molecule has 0 aromatic carbocycles. The molecule has 0 amide bonds. The van der Waals surface area contributed by atoms with Gasteiger partial charge < -0.3 is 9.30 Å². The van der Waals surface area contributed by atoms with Gasteiger partial charge in [-0.15, -0.1) is 0 Å². The Hall–Kier alpha value is -1.28. The summed E-state index contributed by atoms with van der Waals surface area (Å²) < 4.78 is 7.43. The van der Waals surface area contributed by atoms with Gasteiger partial charge in [0.2, 0.25) is 0 Å². The molecule has 5 heteroatoms. The van der Waals surface area contributed by atoms with E-state index in [0.29, 0.717) is 18.5 Å². The van der Waals surface area contributed by atoms with Crippen LogP contribution < -0.4 is 0 Å². The maximum atomic E-state index is 11.3. The fourth-order valence-electron chi connectivity index (χ4n) is 1.64. The molecule has 0 unspecified atom stereocenters. The van der Waals surface area contributed by atoms with Crippen LogP contribution in [0.1, 0.15) is 25.8 Å². The van der Waals surface area contributed by atoms with E-state index in [1.807, 2.05) is 18.4 Å². The highest BCUT2D eigenvalue weighted by Gasteiger charge is 2.24. The van der Waals surface area contributed by atoms with Gasteiger partial charge in [0, 0.05) is 12.7 Å². The highest BCUT2D eigenvalue weighted by molar-refractivity contribution is 9.10. The van der Waals surface area contributed by atoms with Crippen molar-refractivity contribution in [3.05, 3.63) is 22.4 Å². The molecule has 92 valence electrons. The Balaban J connectivity index is 2.79. The summed E-state index contributed by atoms with van der Waals surface area (Å²) in [5.74, 6) is -0.223. The largest absolute Gasteiger partial charge is 0.469 e. The van der Waals surface area contributed by atoms with Gasteiger partial charge in [0.25, 0.3) is 0 Å². The third kappa shape index (κ3) is 3.90. The standard InChI is InChI=1S/C12H15BrN2O2/c1-12(2,5-11(16)17-3)8-15-7-9(6-14)4-10(15)13/h4,7H,5,8H2,1-3H3. The fraction of sp³-hybridized carbons (Fsp3) is 0.500. The van der Waals surface area contributed by atoms with Gasteiger partial charge in [-0.05, 0) is 27.4 Å². The maximum Gasteiger partial charge on any atom is 0.306 e. The Morgan fingerprint density at radius 1 is 1.65 bits per heavy atom. The van der Waals surface area contributed by atoms with E-state index >= 15 is 0 Å². The summed E-state index contributed by atoms with van der Waals surface area (Å²) in [5.41, 5.74) is 0.382. The molecule has 0 radical (unpaired) electrons. The number of nitrogens with zero attached hydrogens (tertiary/aromatic N) is 2. The number of carbonyl (C=O) groups is 1. The summed E-state index contributed by atoms with van der Waals surface area (Å²) in [4.78, 5) is 11.3. The Kier molecular flexibility index (Phi) is 4.35. The molecule has 17 heavy (non-hydrogen) atoms. The first-order valence-corrected chi connectivity index (χ1v) is 6.00. The number of methoxy groups -OCH3 is 1. The second kappa shape index (κ2) is 5.37. The molecule has 1 aromatic heterocycles. The van der Waals surface area contributed by atoms with E-state index in [1.165, 1.54) is 7.11 Å². The fourth-order valence-corrected chi connectivity index (χ4v) is 2.11. The van der Waals surface area contributed by atoms with E-state index in [2.05, 4.69) is 26.7 Å². The van der Waals surface area contributed by atoms with Crippen LogP contribution in [0.4, 0.5) is 0 Å². The van der Waals surface area contributed by atoms with Gasteiger partial charge in [-0.3, -0.25) is 4.79 Å². The van der Waals surface area contributed by atoms with E-state index < -0.39 is 0 Å². The van der Waals surface area contributed by atoms with E-state index in [-0.39, 0.29) is 11.4 Å². The minimum absolute atomic E-state index is 0.221. The highest BCUT2D eigenvalue weighted by Crippen LogP contribution is 2.26. The Morgan fingerprint density at radius 2 is 2.29 bits per heavy atom. The van der Waals surface area contributed by atoms with Crippen LogP contribution in [0.5, 0.6) is 0 Å². The summed E-state index contributed by atoms with van der Waals surface area (Å²) in [6, 6.07) is 3.84. The summed E-state index contributed by atoms with van der Waals surface area (Å²) in [6.07, 6.45) is 2.11. The van der Waals surface area contributed by atoms with Gasteiger partial charge >= 0.3 is 5.97 Å². The molecule has 0 atom stereocenters. The number of esters is 1. The number of aromatic nitrogens is 1. The highest BCUT2D eigenvalue weighted by atomic mass is 79.9. The molecule has 0 aliphatic heterocycles. The lowest BCUT2D eigenvalue weighted by Crippen LogP contribution is -2.23. The third-order valence-electron chi connectivity index (χ3n) is 2.42. The lowest BCUT2D eigenvalue weighted by Gasteiger charge is -2.24. The molecular formula is C12H15BrN2O2. The van der Waals surface area contributed by atoms with Crippen LogP contribution in [0.15, 0.2) is 16.9 Å². The molecule has 0 fully saturated rings. The van der Waals surface area contributed by atoms with Crippen molar-refractivity contribution < 1.29 is 9.53 Å². The molecule has 1 aromatic rings. The Labute approximate surface area is 109 Å². The summed E-state index contributed by atoms with van der Waals surface area (Å²) in [6.45, 7) is 4.62. The molecule has 0 N–H and O–H groups in total. The molecular weight excluding hydrogens is 284 g/mol. The van der Waals surface area contributed by atoms with Crippen LogP contribution >= 0.6 is 15.9 Å². The number of hydrogen-bond donors (Lipinski definition) is 0. The van der Waals surface area contributed by atoms with Gasteiger partial charge in [0.1, 0.15) is 6.07 Å². The molecule has 4 nitrogen and oxygen atoms in total. The average Bonchev–Trinajstić information content (AvgIpc) is 2.58. The van der Waals surface area contributed by atoms with Crippen molar-refractivity contribution in [3.8, 4) is 6.07 Å². The summed E-state index contributed by atoms with van der Waals surface area (Å²) in [7, 11) is 1.39. The van der Waals surface area contributed by atoms with E-state index in [0.717, 1.165) is 4.60 Å². The van der Waals surface area contributed by atoms with Gasteiger partial charge in [-0.1, -0.05) is 13.8 Å². The van der Waals surface area contributed by atoms with Crippen LogP contribution in [0.3, 0.4) is 0 Å². The smallest absolute Gasteiger partial charge is 0.306 e. The van der Waals surface area contributed by atoms with Crippen LogP contribution in [0.25, 0.3) is 0 Å². The van der Waals surface area contributed by atoms with Crippen molar-refractivity contribution in [2.75, 3.05) is 7.11 Å². The van der Waals surface area contributed by atoms with Crippen molar-refractivity contribution >= 4 is 21.9 Å². The zero-order valence-corrected chi connectivity index (χ0v) is 11.7. The van der Waals surface area contributed by atoms with Crippen molar-refractivity contribution in [2.45, 2.75) is 26.8 Å². The number of hydrogen-bond acceptors (Lipinski definition) is 3. The second-order valence-electron chi connectivity index (χ2n) is 4.71. The molecule has 0 aliphatic carbocycles. The molecule has 0 bridgehead atoms. The topological polar surface area (TPSA) is 55.0 Å². The van der Waals surface area contributed by atoms with Crippen molar-refractivity contribution in [1.29, 1.82) is 5.26 Å². The van der Waals surface area contributed by atoms with Gasteiger partial charge in [-0.2, -0.15) is 5.26 Å². The van der Waals surface area contributed by atoms with Crippen molar-refractivity contribution in [1.82, 2.24) is 4.57 Å². The molecule has 1 rings (SSSR count). The second-order valence-corrected chi connectivity index (χ2v) is 5.52. The average molecular weight is 299 g/mol. The van der Waals surface area contributed by atoms with Crippen LogP contribution in [0, 0.1) is 16.7 Å². The monoisotopic (exact) mass is 298 g/mol. The summed E-state index contributed by atoms with van der Waals surface area (Å²) >= 11 is 3.39. The number of carbonyl (C=O) groups excluding carboxylic acids is 1. The van der Waals surface area contributed by atoms with Gasteiger partial charge in [0.05, 0.1) is 23.7 Å². The number of halogens is 1. The number of rotatable bonds is 4. The van der Waals surface area contributed by atoms with E-state index in [1.54, 1.807) is 12.3 Å². The first kappa shape index (κ1) is 13.8. The predicted molar refractivity (Wildman–Crippen MR) is 67.3 cm³/mol. The molecule has 0 saturated heterocycles. The Morgan fingerprint density at radius 3 is 2.76 bits per heavy atom. The SMILES string of the molecule is COC(=O)CC(C)(C)Cn1cc(C#N)cc1Br. The van der Waals surface area contributed by atoms with Gasteiger partial charge in [0.15, 0.2) is 0 Å². The summed E-state index contributed by atoms with van der Waals surface area (Å²) in [5, 5.41) is 8.80. The number of ether oxygens (including phenoxy) is 1. The normalized spacial score (nSPS) is 11.0. The zero-order chi connectivity index (χ0) is 13.1. The Bertz CT molecular complexity index is 458. The number of nitriles is 1. The van der Waals surface area contributed by atoms with E-state index in [4.69, 9.17) is 5.26 Å². The first-order valence-electron chi connectivity index (χ1n) is 5.20. The van der Waals surface area contributed by atoms with Crippen LogP contribution in [-0.4, -0.2) is 17.6 Å². The molecule has 0 saturated carbocycles. The minimum atomic E-state index is -0.223. The van der Waals surface area contributed by atoms with Crippen LogP contribution in [-0.2, 0) is 16.1 Å². The molecule has 0 aliphatic rings. The quantitative estimate of drug-likeness (QED) is 0.803. The first-order chi connectivity index (χ1) is 7.88. The molecule has 0 spiro atoms. The van der Waals surface area contributed by atoms with Crippen molar-refractivity contribution in [3.63, 3.8) is 0 Å². The zero-order valence-electron chi connectivity index (χ0n) is 10.2. The third-order valence-corrected chi connectivity index (χ3v) is 3.11. The van der Waals surface area contributed by atoms with E-state index in [9.17, 15) is 4.79 Å². The lowest BCUT2D eigenvalue weighted by molar-refractivity contribution is -0.143. The predicted octanol–water partition coefficient (Wildman–Crippen LogP) is 2.71.